The van der Waals surface area contributed by atoms with E-state index in [2.05, 4.69) is 9.97 Å². The molecule has 0 N–H and O–H groups in total. The Balaban J connectivity index is 2.51. The first-order valence-electron chi connectivity index (χ1n) is 4.40. The lowest BCUT2D eigenvalue weighted by molar-refractivity contribution is 0.0988. The van der Waals surface area contributed by atoms with E-state index >= 15 is 0 Å². The first kappa shape index (κ1) is 9.34. The summed E-state index contributed by atoms with van der Waals surface area (Å²) in [6.45, 7) is 0. The van der Waals surface area contributed by atoms with Crippen LogP contribution in [0.4, 0.5) is 0 Å². The van der Waals surface area contributed by atoms with E-state index in [-0.39, 0.29) is 18.0 Å². The zero-order valence-corrected chi connectivity index (χ0v) is 8.14. The number of nitriles is 1. The smallest absolute Gasteiger partial charge is 0.214 e. The largest absolute Gasteiger partial charge is 0.335 e. The van der Waals surface area contributed by atoms with Crippen LogP contribution in [0, 0.1) is 11.3 Å². The van der Waals surface area contributed by atoms with Crippen LogP contribution < -0.4 is 0 Å². The molecule has 0 aliphatic rings. The Kier molecular flexibility index (Phi) is 2.18. The summed E-state index contributed by atoms with van der Waals surface area (Å²) in [5.41, 5.74) is 0.700. The third-order valence-corrected chi connectivity index (χ3v) is 2.10. The molecule has 0 amide bonds. The van der Waals surface area contributed by atoms with Crippen LogP contribution in [0.1, 0.15) is 17.0 Å². The first-order valence-corrected chi connectivity index (χ1v) is 4.40. The van der Waals surface area contributed by atoms with E-state index in [4.69, 9.17) is 5.26 Å². The summed E-state index contributed by atoms with van der Waals surface area (Å²) in [7, 11) is 1.84. The summed E-state index contributed by atoms with van der Waals surface area (Å²) in [5.74, 6) is -0.244. The zero-order valence-electron chi connectivity index (χ0n) is 8.14. The van der Waals surface area contributed by atoms with E-state index in [1.807, 2.05) is 19.3 Å². The highest BCUT2D eigenvalue weighted by Crippen LogP contribution is 2.11. The van der Waals surface area contributed by atoms with E-state index in [1.165, 1.54) is 0 Å². The molecule has 2 aromatic rings. The number of aryl methyl sites for hydroxylation is 1. The van der Waals surface area contributed by atoms with Crippen LogP contribution in [0.2, 0.25) is 0 Å². The maximum atomic E-state index is 11.4. The van der Waals surface area contributed by atoms with Gasteiger partial charge in [-0.1, -0.05) is 0 Å². The van der Waals surface area contributed by atoms with E-state index in [9.17, 15) is 4.79 Å². The fourth-order valence-electron chi connectivity index (χ4n) is 1.33. The molecule has 0 saturated carbocycles. The average Bonchev–Trinajstić information content (AvgIpc) is 2.60. The van der Waals surface area contributed by atoms with Crippen LogP contribution in [-0.4, -0.2) is 20.3 Å². The van der Waals surface area contributed by atoms with Crippen molar-refractivity contribution in [2.45, 2.75) is 6.42 Å². The van der Waals surface area contributed by atoms with Crippen LogP contribution in [-0.2, 0) is 7.05 Å². The van der Waals surface area contributed by atoms with Crippen LogP contribution in [0.15, 0.2) is 18.5 Å². The number of aromatic nitrogens is 3. The second kappa shape index (κ2) is 3.50. The number of carbonyl (C=O) groups is 1. The van der Waals surface area contributed by atoms with Gasteiger partial charge >= 0.3 is 0 Å². The van der Waals surface area contributed by atoms with Crippen molar-refractivity contribution < 1.29 is 4.79 Å². The number of Topliss-reactive ketones (excluding diaryl/α,β-unsaturated/α-hetero) is 1. The molecule has 74 valence electrons. The molecule has 2 heterocycles. The normalized spacial score (nSPS) is 10.1. The molecule has 0 bridgehead atoms. The Morgan fingerprint density at radius 2 is 2.47 bits per heavy atom. The highest BCUT2D eigenvalue weighted by molar-refractivity contribution is 5.95. The van der Waals surface area contributed by atoms with Crippen molar-refractivity contribution in [3.05, 3.63) is 24.3 Å². The van der Waals surface area contributed by atoms with Gasteiger partial charge in [0, 0.05) is 24.8 Å². The van der Waals surface area contributed by atoms with Gasteiger partial charge < -0.3 is 4.57 Å². The van der Waals surface area contributed by atoms with Crippen LogP contribution in [0.3, 0.4) is 0 Å². The maximum Gasteiger partial charge on any atom is 0.214 e. The molecule has 0 spiro atoms. The molecule has 5 heteroatoms. The van der Waals surface area contributed by atoms with Gasteiger partial charge in [-0.2, -0.15) is 5.26 Å². The fraction of sp³-hybridized carbons (Fsp3) is 0.200. The summed E-state index contributed by atoms with van der Waals surface area (Å²) in [6.07, 6.45) is 3.25. The zero-order chi connectivity index (χ0) is 10.8. The molecule has 5 nitrogen and oxygen atoms in total. The molecule has 0 saturated heterocycles. The molecule has 0 radical (unpaired) electrons. The molecule has 0 aliphatic carbocycles. The molecule has 0 fully saturated rings. The van der Waals surface area contributed by atoms with Gasteiger partial charge in [0.15, 0.2) is 5.82 Å². The van der Waals surface area contributed by atoms with Gasteiger partial charge in [-0.25, -0.2) is 9.97 Å². The van der Waals surface area contributed by atoms with Crippen LogP contribution >= 0.6 is 0 Å². The van der Waals surface area contributed by atoms with Crippen molar-refractivity contribution in [3.63, 3.8) is 0 Å². The molecule has 2 rings (SSSR count). The van der Waals surface area contributed by atoms with E-state index in [0.717, 1.165) is 5.39 Å². The topological polar surface area (TPSA) is 71.6 Å². The molecule has 0 atom stereocenters. The van der Waals surface area contributed by atoms with Crippen molar-refractivity contribution in [3.8, 4) is 6.07 Å². The van der Waals surface area contributed by atoms with Crippen LogP contribution in [0.5, 0.6) is 0 Å². The lowest BCUT2D eigenvalue weighted by Crippen LogP contribution is -2.05. The van der Waals surface area contributed by atoms with Crippen molar-refractivity contribution in [1.82, 2.24) is 14.5 Å². The number of hydrogen-bond donors (Lipinski definition) is 0. The summed E-state index contributed by atoms with van der Waals surface area (Å²) in [4.78, 5) is 19.4. The Morgan fingerprint density at radius 1 is 1.67 bits per heavy atom. The van der Waals surface area contributed by atoms with Gasteiger partial charge in [0.05, 0.1) is 6.07 Å². The van der Waals surface area contributed by atoms with Gasteiger partial charge in [0.25, 0.3) is 0 Å². The van der Waals surface area contributed by atoms with E-state index in [0.29, 0.717) is 5.65 Å². The number of ketones is 1. The SMILES string of the molecule is Cn1ccc2cnc(C(=O)CC#N)nc21. The molecule has 0 unspecified atom stereocenters. The highest BCUT2D eigenvalue weighted by Gasteiger charge is 2.10. The second-order valence-electron chi connectivity index (χ2n) is 3.16. The maximum absolute atomic E-state index is 11.4. The monoisotopic (exact) mass is 200 g/mol. The van der Waals surface area contributed by atoms with Gasteiger partial charge in [-0.05, 0) is 6.07 Å². The van der Waals surface area contributed by atoms with Gasteiger partial charge in [0.2, 0.25) is 5.78 Å². The Labute approximate surface area is 86.0 Å². The number of carbonyl (C=O) groups excluding carboxylic acids is 1. The molecule has 0 aliphatic heterocycles. The Morgan fingerprint density at radius 3 is 3.20 bits per heavy atom. The quantitative estimate of drug-likeness (QED) is 0.679. The number of nitrogens with zero attached hydrogens (tertiary/aromatic N) is 4. The van der Waals surface area contributed by atoms with Crippen molar-refractivity contribution in [1.29, 1.82) is 5.26 Å². The average molecular weight is 200 g/mol. The minimum atomic E-state index is -0.347. The summed E-state index contributed by atoms with van der Waals surface area (Å²) in [5, 5.41) is 9.27. The van der Waals surface area contributed by atoms with Crippen molar-refractivity contribution >= 4 is 16.8 Å². The van der Waals surface area contributed by atoms with Gasteiger partial charge in [-0.15, -0.1) is 0 Å². The third-order valence-electron chi connectivity index (χ3n) is 2.10. The minimum Gasteiger partial charge on any atom is -0.335 e. The molecule has 0 aromatic carbocycles. The summed E-state index contributed by atoms with van der Waals surface area (Å²) >= 11 is 0. The molecular weight excluding hydrogens is 192 g/mol. The summed E-state index contributed by atoms with van der Waals surface area (Å²) in [6, 6.07) is 3.66. The summed E-state index contributed by atoms with van der Waals surface area (Å²) < 4.78 is 1.81. The van der Waals surface area contributed by atoms with Gasteiger partial charge in [0.1, 0.15) is 12.1 Å². The Hall–Kier alpha value is -2.22. The van der Waals surface area contributed by atoms with E-state index < -0.39 is 0 Å². The lowest BCUT2D eigenvalue weighted by atomic mass is 10.3. The van der Waals surface area contributed by atoms with Crippen LogP contribution in [0.25, 0.3) is 11.0 Å². The predicted octanol–water partition coefficient (Wildman–Crippen LogP) is 1.06. The third kappa shape index (κ3) is 1.57. The number of hydrogen-bond acceptors (Lipinski definition) is 4. The second-order valence-corrected chi connectivity index (χ2v) is 3.16. The van der Waals surface area contributed by atoms with Crippen molar-refractivity contribution in [2.75, 3.05) is 0 Å². The minimum absolute atomic E-state index is 0.103. The molecule has 15 heavy (non-hydrogen) atoms. The lowest BCUT2D eigenvalue weighted by Gasteiger charge is -1.97. The van der Waals surface area contributed by atoms with Gasteiger partial charge in [-0.3, -0.25) is 4.79 Å². The highest BCUT2D eigenvalue weighted by atomic mass is 16.1. The standard InChI is InChI=1S/C10H8N4O/c1-14-5-3-7-6-12-9(13-10(7)14)8(15)2-4-11/h3,5-6H,2H2,1H3. The predicted molar refractivity (Wildman–Crippen MR) is 53.1 cm³/mol. The van der Waals surface area contributed by atoms with E-state index in [1.54, 1.807) is 16.8 Å². The number of fused-ring (bicyclic) bond motifs is 1. The van der Waals surface area contributed by atoms with Crippen molar-refractivity contribution in [2.24, 2.45) is 7.05 Å². The molecular formula is C10H8N4O. The Bertz CT molecular complexity index is 564. The fourth-order valence-corrected chi connectivity index (χ4v) is 1.33. The first-order chi connectivity index (χ1) is 7.22. The number of rotatable bonds is 2. The molecule has 2 aromatic heterocycles.